The summed E-state index contributed by atoms with van der Waals surface area (Å²) < 4.78 is 4.89. The molecule has 0 saturated carbocycles. The molecule has 12 heavy (non-hydrogen) atoms. The van der Waals surface area contributed by atoms with Gasteiger partial charge in [0.05, 0.1) is 16.7 Å². The first kappa shape index (κ1) is 7.20. The van der Waals surface area contributed by atoms with Gasteiger partial charge in [0, 0.05) is 0 Å². The number of hydrogen-bond donors (Lipinski definition) is 0. The molecule has 0 aliphatic rings. The molecule has 0 unspecified atom stereocenters. The second kappa shape index (κ2) is 3.29. The number of hydrogen-bond acceptors (Lipinski definition) is 2. The summed E-state index contributed by atoms with van der Waals surface area (Å²) in [6, 6.07) is 5.84. The molecule has 58 valence electrons. The summed E-state index contributed by atoms with van der Waals surface area (Å²) in [5.41, 5.74) is 0.920. The van der Waals surface area contributed by atoms with E-state index in [1.807, 2.05) is 23.6 Å². The lowest BCUT2D eigenvalue weighted by atomic mass is 10.3. The molecule has 0 amide bonds. The van der Waals surface area contributed by atoms with E-state index in [9.17, 15) is 0 Å². The standard InChI is InChI=1S/C10H6OS/c1-2-10(12-7-1)4-3-9-5-6-11-8-9/h1-2,5-8H. The fourth-order valence-corrected chi connectivity index (χ4v) is 1.39. The minimum Gasteiger partial charge on any atom is -0.471 e. The van der Waals surface area contributed by atoms with E-state index in [0.29, 0.717) is 0 Å². The number of thiophene rings is 1. The van der Waals surface area contributed by atoms with E-state index in [1.54, 1.807) is 23.9 Å². The fraction of sp³-hybridized carbons (Fsp3) is 0. The van der Waals surface area contributed by atoms with Crippen LogP contribution in [0.2, 0.25) is 0 Å². The summed E-state index contributed by atoms with van der Waals surface area (Å²) in [6.07, 6.45) is 3.26. The second-order valence-electron chi connectivity index (χ2n) is 2.24. The van der Waals surface area contributed by atoms with Crippen molar-refractivity contribution in [2.24, 2.45) is 0 Å². The lowest BCUT2D eigenvalue weighted by molar-refractivity contribution is 0.566. The topological polar surface area (TPSA) is 13.1 Å². The van der Waals surface area contributed by atoms with E-state index in [2.05, 4.69) is 11.8 Å². The lowest BCUT2D eigenvalue weighted by Crippen LogP contribution is -1.63. The fourth-order valence-electron chi connectivity index (χ4n) is 0.819. The highest BCUT2D eigenvalue weighted by Crippen LogP contribution is 2.06. The molecule has 0 saturated heterocycles. The molecule has 0 atom stereocenters. The molecular weight excluding hydrogens is 168 g/mol. The molecule has 0 radical (unpaired) electrons. The van der Waals surface area contributed by atoms with Gasteiger partial charge in [-0.25, -0.2) is 0 Å². The van der Waals surface area contributed by atoms with E-state index in [1.165, 1.54) is 0 Å². The zero-order valence-electron chi connectivity index (χ0n) is 6.28. The Morgan fingerprint density at radius 2 is 2.25 bits per heavy atom. The maximum Gasteiger partial charge on any atom is 0.106 e. The smallest absolute Gasteiger partial charge is 0.106 e. The van der Waals surface area contributed by atoms with Gasteiger partial charge in [0.2, 0.25) is 0 Å². The van der Waals surface area contributed by atoms with Crippen molar-refractivity contribution in [2.75, 3.05) is 0 Å². The zero-order valence-corrected chi connectivity index (χ0v) is 7.10. The summed E-state index contributed by atoms with van der Waals surface area (Å²) in [6.45, 7) is 0. The summed E-state index contributed by atoms with van der Waals surface area (Å²) in [5, 5.41) is 2.01. The summed E-state index contributed by atoms with van der Waals surface area (Å²) in [5.74, 6) is 6.03. The highest BCUT2D eigenvalue weighted by molar-refractivity contribution is 7.10. The highest BCUT2D eigenvalue weighted by atomic mass is 32.1. The predicted molar refractivity (Wildman–Crippen MR) is 49.0 cm³/mol. The quantitative estimate of drug-likeness (QED) is 0.560. The lowest BCUT2D eigenvalue weighted by Gasteiger charge is -1.75. The van der Waals surface area contributed by atoms with E-state index >= 15 is 0 Å². The van der Waals surface area contributed by atoms with Gasteiger partial charge in [0.25, 0.3) is 0 Å². The van der Waals surface area contributed by atoms with Crippen molar-refractivity contribution in [3.8, 4) is 11.8 Å². The molecule has 0 spiro atoms. The van der Waals surface area contributed by atoms with Gasteiger partial charge >= 0.3 is 0 Å². The van der Waals surface area contributed by atoms with Gasteiger partial charge in [-0.1, -0.05) is 17.9 Å². The van der Waals surface area contributed by atoms with Crippen LogP contribution < -0.4 is 0 Å². The third-order valence-electron chi connectivity index (χ3n) is 1.37. The van der Waals surface area contributed by atoms with Crippen LogP contribution in [0.3, 0.4) is 0 Å². The average Bonchev–Trinajstić information content (AvgIpc) is 2.74. The van der Waals surface area contributed by atoms with Crippen molar-refractivity contribution in [2.45, 2.75) is 0 Å². The molecule has 0 aromatic carbocycles. The van der Waals surface area contributed by atoms with Gasteiger partial charge in [0.1, 0.15) is 6.26 Å². The van der Waals surface area contributed by atoms with Gasteiger partial charge in [0.15, 0.2) is 0 Å². The number of furan rings is 1. The molecule has 1 nitrogen and oxygen atoms in total. The molecule has 0 bridgehead atoms. The first-order valence-electron chi connectivity index (χ1n) is 3.53. The van der Waals surface area contributed by atoms with E-state index in [4.69, 9.17) is 4.42 Å². The molecule has 0 aliphatic heterocycles. The molecule has 2 heteroatoms. The first-order chi connectivity index (χ1) is 5.95. The summed E-state index contributed by atoms with van der Waals surface area (Å²) in [7, 11) is 0. The van der Waals surface area contributed by atoms with E-state index in [0.717, 1.165) is 10.4 Å². The molecule has 2 aromatic rings. The van der Waals surface area contributed by atoms with Crippen LogP contribution in [0.5, 0.6) is 0 Å². The minimum atomic E-state index is 0.920. The Hall–Kier alpha value is -1.46. The maximum absolute atomic E-state index is 4.89. The second-order valence-corrected chi connectivity index (χ2v) is 3.19. The van der Waals surface area contributed by atoms with Crippen molar-refractivity contribution in [1.82, 2.24) is 0 Å². The molecule has 2 aromatic heterocycles. The first-order valence-corrected chi connectivity index (χ1v) is 4.41. The zero-order chi connectivity index (χ0) is 8.23. The van der Waals surface area contributed by atoms with Crippen molar-refractivity contribution in [1.29, 1.82) is 0 Å². The van der Waals surface area contributed by atoms with Crippen LogP contribution in [-0.4, -0.2) is 0 Å². The van der Waals surface area contributed by atoms with Gasteiger partial charge in [-0.05, 0) is 17.5 Å². The Bertz CT molecular complexity index is 348. The monoisotopic (exact) mass is 174 g/mol. The van der Waals surface area contributed by atoms with Crippen molar-refractivity contribution in [3.05, 3.63) is 46.5 Å². The Labute approximate surface area is 74.7 Å². The van der Waals surface area contributed by atoms with Gasteiger partial charge < -0.3 is 4.42 Å². The van der Waals surface area contributed by atoms with Gasteiger partial charge in [-0.2, -0.15) is 0 Å². The molecule has 2 heterocycles. The largest absolute Gasteiger partial charge is 0.471 e. The van der Waals surface area contributed by atoms with Crippen LogP contribution in [-0.2, 0) is 0 Å². The van der Waals surface area contributed by atoms with Crippen molar-refractivity contribution >= 4 is 11.3 Å². The molecule has 0 aliphatic carbocycles. The SMILES string of the molecule is C(#Cc1cccs1)c1ccoc1. The van der Waals surface area contributed by atoms with Crippen molar-refractivity contribution < 1.29 is 4.42 Å². The predicted octanol–water partition coefficient (Wildman–Crippen LogP) is 2.74. The summed E-state index contributed by atoms with van der Waals surface area (Å²) >= 11 is 1.64. The average molecular weight is 174 g/mol. The Morgan fingerprint density at radius 1 is 1.25 bits per heavy atom. The normalized spacial score (nSPS) is 9.00. The molecule has 2 rings (SSSR count). The Balaban J connectivity index is 2.22. The Kier molecular flexibility index (Phi) is 1.98. The van der Waals surface area contributed by atoms with Crippen LogP contribution in [0.4, 0.5) is 0 Å². The number of rotatable bonds is 0. The Morgan fingerprint density at radius 3 is 2.92 bits per heavy atom. The third-order valence-corrected chi connectivity index (χ3v) is 2.16. The van der Waals surface area contributed by atoms with Crippen LogP contribution in [0.25, 0.3) is 0 Å². The van der Waals surface area contributed by atoms with Crippen LogP contribution in [0, 0.1) is 11.8 Å². The third kappa shape index (κ3) is 1.58. The van der Waals surface area contributed by atoms with E-state index < -0.39 is 0 Å². The van der Waals surface area contributed by atoms with E-state index in [-0.39, 0.29) is 0 Å². The maximum atomic E-state index is 4.89. The van der Waals surface area contributed by atoms with Gasteiger partial charge in [-0.15, -0.1) is 11.3 Å². The van der Waals surface area contributed by atoms with Crippen molar-refractivity contribution in [3.63, 3.8) is 0 Å². The van der Waals surface area contributed by atoms with Gasteiger partial charge in [-0.3, -0.25) is 0 Å². The van der Waals surface area contributed by atoms with Crippen LogP contribution in [0.1, 0.15) is 10.4 Å². The minimum absolute atomic E-state index is 0.920. The van der Waals surface area contributed by atoms with Crippen LogP contribution >= 0.6 is 11.3 Å². The molecule has 0 fully saturated rings. The molecule has 0 N–H and O–H groups in total. The summed E-state index contributed by atoms with van der Waals surface area (Å²) in [4.78, 5) is 1.08. The molecular formula is C10H6OS. The highest BCUT2D eigenvalue weighted by Gasteiger charge is 1.87. The van der Waals surface area contributed by atoms with Crippen LogP contribution in [0.15, 0.2) is 40.5 Å².